The number of ether oxygens (including phenoxy) is 2. The van der Waals surface area contributed by atoms with Crippen LogP contribution in [0.1, 0.15) is 56.1 Å². The molecule has 2 saturated heterocycles. The first-order valence-electron chi connectivity index (χ1n) is 13.0. The molecule has 0 bridgehead atoms. The Morgan fingerprint density at radius 1 is 0.947 bits per heavy atom. The molecule has 0 aliphatic carbocycles. The molecule has 9 heteroatoms. The largest absolute Gasteiger partial charge is 0.457 e. The van der Waals surface area contributed by atoms with Crippen LogP contribution in [0, 0.1) is 0 Å². The number of aromatic nitrogens is 1. The molecule has 38 heavy (non-hydrogen) atoms. The second-order valence-corrected chi connectivity index (χ2v) is 11.9. The third-order valence-corrected chi connectivity index (χ3v) is 8.25. The maximum Gasteiger partial charge on any atom is 0.410 e. The lowest BCUT2D eigenvalue weighted by Gasteiger charge is -2.45. The van der Waals surface area contributed by atoms with Crippen LogP contribution in [0.2, 0.25) is 0 Å². The first kappa shape index (κ1) is 26.0. The molecule has 0 atom stereocenters. The molecule has 1 aromatic heterocycles. The first-order chi connectivity index (χ1) is 18.1. The average Bonchev–Trinajstić information content (AvgIpc) is 3.50. The molecule has 3 aromatic rings. The smallest absolute Gasteiger partial charge is 0.410 e. The van der Waals surface area contributed by atoms with Gasteiger partial charge in [-0.25, -0.2) is 9.78 Å². The fourth-order valence-electron chi connectivity index (χ4n) is 5.29. The Balaban J connectivity index is 1.31. The monoisotopic (exact) mass is 534 g/mol. The Morgan fingerprint density at radius 2 is 1.61 bits per heavy atom. The van der Waals surface area contributed by atoms with Gasteiger partial charge in [0.1, 0.15) is 22.0 Å². The van der Waals surface area contributed by atoms with Crippen LogP contribution in [0.3, 0.4) is 0 Å². The number of rotatable bonds is 5. The number of hydrogen-bond acceptors (Lipinski definition) is 7. The quantitative estimate of drug-likeness (QED) is 0.427. The van der Waals surface area contributed by atoms with Crippen LogP contribution in [0.5, 0.6) is 11.5 Å². The number of thiazole rings is 1. The number of benzene rings is 2. The van der Waals surface area contributed by atoms with E-state index in [0.717, 1.165) is 61.8 Å². The summed E-state index contributed by atoms with van der Waals surface area (Å²) in [6.45, 7) is 7.91. The van der Waals surface area contributed by atoms with Gasteiger partial charge >= 0.3 is 6.09 Å². The Bertz CT molecular complexity index is 1290. The average molecular weight is 535 g/mol. The van der Waals surface area contributed by atoms with Crippen molar-refractivity contribution in [1.29, 1.82) is 0 Å². The number of primary amides is 1. The van der Waals surface area contributed by atoms with Crippen molar-refractivity contribution in [3.05, 3.63) is 59.5 Å². The third-order valence-electron chi connectivity index (χ3n) is 7.12. The van der Waals surface area contributed by atoms with Gasteiger partial charge in [-0.05, 0) is 82.9 Å². The highest BCUT2D eigenvalue weighted by Crippen LogP contribution is 2.42. The highest BCUT2D eigenvalue weighted by atomic mass is 32.1. The summed E-state index contributed by atoms with van der Waals surface area (Å²) in [6, 6.07) is 17.1. The molecular formula is C29H34N4O4S. The number of carbonyl (C=O) groups is 2. The van der Waals surface area contributed by atoms with E-state index in [0.29, 0.717) is 16.3 Å². The van der Waals surface area contributed by atoms with Gasteiger partial charge < -0.3 is 25.0 Å². The number of nitrogens with two attached hydrogens (primary N) is 1. The molecule has 3 heterocycles. The molecule has 2 fully saturated rings. The van der Waals surface area contributed by atoms with Crippen LogP contribution >= 0.6 is 11.3 Å². The Hall–Kier alpha value is -3.59. The van der Waals surface area contributed by atoms with E-state index in [9.17, 15) is 9.59 Å². The summed E-state index contributed by atoms with van der Waals surface area (Å²) >= 11 is 1.33. The predicted octanol–water partition coefficient (Wildman–Crippen LogP) is 6.07. The number of likely N-dealkylation sites (tertiary alicyclic amines) is 1. The van der Waals surface area contributed by atoms with E-state index in [-0.39, 0.29) is 11.6 Å². The van der Waals surface area contributed by atoms with Crippen LogP contribution in [0.4, 0.5) is 9.93 Å². The highest BCUT2D eigenvalue weighted by Gasteiger charge is 2.47. The van der Waals surface area contributed by atoms with Gasteiger partial charge in [-0.2, -0.15) is 0 Å². The molecule has 0 unspecified atom stereocenters. The van der Waals surface area contributed by atoms with Crippen LogP contribution in [0.25, 0.3) is 11.3 Å². The number of carbonyl (C=O) groups excluding carboxylic acids is 2. The van der Waals surface area contributed by atoms with E-state index in [1.54, 1.807) is 0 Å². The lowest BCUT2D eigenvalue weighted by molar-refractivity contribution is 0.00321. The number of amides is 2. The van der Waals surface area contributed by atoms with Crippen molar-refractivity contribution in [3.8, 4) is 22.8 Å². The standard InChI is InChI=1S/C29H34N4O4S/c1-28(2,3)37-27(35)33-17-7-14-29(33)15-18-32(19-16-29)26-31-23(24(38-26)25(30)34)20-10-12-22(13-11-20)36-21-8-5-4-6-9-21/h4-6,8-13H,7,14-19H2,1-3H3,(H2,30,34). The van der Waals surface area contributed by atoms with Gasteiger partial charge in [0.25, 0.3) is 5.91 Å². The predicted molar refractivity (Wildman–Crippen MR) is 149 cm³/mol. The van der Waals surface area contributed by atoms with Crippen molar-refractivity contribution in [3.63, 3.8) is 0 Å². The van der Waals surface area contributed by atoms with Crippen molar-refractivity contribution in [2.24, 2.45) is 5.73 Å². The Morgan fingerprint density at radius 3 is 2.24 bits per heavy atom. The number of anilines is 1. The molecule has 1 spiro atoms. The van der Waals surface area contributed by atoms with E-state index in [1.807, 2.05) is 80.3 Å². The van der Waals surface area contributed by atoms with Gasteiger partial charge in [-0.3, -0.25) is 4.79 Å². The minimum atomic E-state index is -0.518. The van der Waals surface area contributed by atoms with Gasteiger partial charge in [-0.1, -0.05) is 29.5 Å². The topological polar surface area (TPSA) is 98.0 Å². The molecule has 0 saturated carbocycles. The van der Waals surface area contributed by atoms with E-state index in [1.165, 1.54) is 11.3 Å². The van der Waals surface area contributed by atoms with Crippen molar-refractivity contribution in [1.82, 2.24) is 9.88 Å². The zero-order valence-electron chi connectivity index (χ0n) is 22.1. The lowest BCUT2D eigenvalue weighted by atomic mass is 9.85. The fraction of sp³-hybridized carbons (Fsp3) is 0.414. The van der Waals surface area contributed by atoms with Crippen molar-refractivity contribution >= 4 is 28.5 Å². The lowest BCUT2D eigenvalue weighted by Crippen LogP contribution is -2.55. The Kier molecular flexibility index (Phi) is 7.05. The highest BCUT2D eigenvalue weighted by molar-refractivity contribution is 7.18. The number of piperidine rings is 1. The van der Waals surface area contributed by atoms with Gasteiger partial charge in [0.2, 0.25) is 0 Å². The summed E-state index contributed by atoms with van der Waals surface area (Å²) in [7, 11) is 0. The number of nitrogens with zero attached hydrogens (tertiary/aromatic N) is 3. The van der Waals surface area contributed by atoms with Crippen molar-refractivity contribution < 1.29 is 19.1 Å². The summed E-state index contributed by atoms with van der Waals surface area (Å²) in [6.07, 6.45) is 3.40. The molecule has 2 amide bonds. The summed E-state index contributed by atoms with van der Waals surface area (Å²) in [5, 5.41) is 0.773. The fourth-order valence-corrected chi connectivity index (χ4v) is 6.28. The van der Waals surface area contributed by atoms with E-state index in [4.69, 9.17) is 20.2 Å². The molecular weight excluding hydrogens is 500 g/mol. The third kappa shape index (κ3) is 5.48. The zero-order chi connectivity index (χ0) is 26.9. The van der Waals surface area contributed by atoms with Gasteiger partial charge in [0.15, 0.2) is 5.13 Å². The Labute approximate surface area is 227 Å². The number of hydrogen-bond donors (Lipinski definition) is 1. The summed E-state index contributed by atoms with van der Waals surface area (Å²) in [5.74, 6) is 0.960. The van der Waals surface area contributed by atoms with Gasteiger partial charge in [0.05, 0.1) is 5.69 Å². The minimum Gasteiger partial charge on any atom is -0.457 e. The molecule has 200 valence electrons. The van der Waals surface area contributed by atoms with Crippen molar-refractivity contribution in [2.45, 2.75) is 57.6 Å². The van der Waals surface area contributed by atoms with E-state index in [2.05, 4.69) is 4.90 Å². The van der Waals surface area contributed by atoms with Gasteiger partial charge in [-0.15, -0.1) is 0 Å². The maximum atomic E-state index is 12.9. The minimum absolute atomic E-state index is 0.181. The van der Waals surface area contributed by atoms with Crippen LogP contribution in [0.15, 0.2) is 54.6 Å². The SMILES string of the molecule is CC(C)(C)OC(=O)N1CCCC12CCN(c1nc(-c3ccc(Oc4ccccc4)cc3)c(C(N)=O)s1)CC2. The summed E-state index contributed by atoms with van der Waals surface area (Å²) in [4.78, 5) is 34.7. The second kappa shape index (κ2) is 10.3. The maximum absolute atomic E-state index is 12.9. The normalized spacial score (nSPS) is 17.0. The van der Waals surface area contributed by atoms with Crippen LogP contribution < -0.4 is 15.4 Å². The molecule has 2 aliphatic rings. The molecule has 5 rings (SSSR count). The van der Waals surface area contributed by atoms with Crippen LogP contribution in [-0.2, 0) is 4.74 Å². The van der Waals surface area contributed by atoms with Gasteiger partial charge in [0, 0.05) is 30.7 Å². The zero-order valence-corrected chi connectivity index (χ0v) is 22.9. The van der Waals surface area contributed by atoms with E-state index < -0.39 is 11.5 Å². The van der Waals surface area contributed by atoms with Crippen LogP contribution in [-0.4, -0.2) is 52.7 Å². The van der Waals surface area contributed by atoms with Crippen molar-refractivity contribution in [2.75, 3.05) is 24.5 Å². The molecule has 2 N–H and O–H groups in total. The molecule has 8 nitrogen and oxygen atoms in total. The first-order valence-corrected chi connectivity index (χ1v) is 13.8. The second-order valence-electron chi connectivity index (χ2n) is 10.9. The van der Waals surface area contributed by atoms with E-state index >= 15 is 0 Å². The number of para-hydroxylation sites is 1. The molecule has 2 aromatic carbocycles. The molecule has 0 radical (unpaired) electrons. The summed E-state index contributed by atoms with van der Waals surface area (Å²) < 4.78 is 11.6. The molecule has 2 aliphatic heterocycles. The summed E-state index contributed by atoms with van der Waals surface area (Å²) in [5.41, 5.74) is 6.45.